The Kier molecular flexibility index (Phi) is 6.51. The van der Waals surface area contributed by atoms with Crippen LogP contribution in [0.5, 0.6) is 0 Å². The molecule has 14 heavy (non-hydrogen) atoms. The first-order chi connectivity index (χ1) is 5.88. The molecule has 0 N–H and O–H groups in total. The maximum absolute atomic E-state index is 4.14. The third kappa shape index (κ3) is 3.01. The van der Waals surface area contributed by atoms with E-state index in [4.69, 9.17) is 0 Å². The Morgan fingerprint density at radius 3 is 2.79 bits per heavy atom. The number of likely N-dealkylation sites (tertiary alicyclic amines) is 1. The van der Waals surface area contributed by atoms with Crippen LogP contribution in [0.1, 0.15) is 24.4 Å². The fourth-order valence-electron chi connectivity index (χ4n) is 1.90. The molecule has 74 valence electrons. The van der Waals surface area contributed by atoms with Gasteiger partial charge in [-0.05, 0) is 38.1 Å². The molecule has 1 atom stereocenters. The second kappa shape index (κ2) is 6.50. The molecule has 0 bridgehead atoms. The van der Waals surface area contributed by atoms with E-state index >= 15 is 0 Å². The largest absolute Gasteiger partial charge is 0.299 e. The molecule has 2 nitrogen and oxygen atoms in total. The normalized spacial score (nSPS) is 21.1. The maximum atomic E-state index is 4.14. The van der Waals surface area contributed by atoms with Crippen molar-refractivity contribution in [3.05, 3.63) is 30.1 Å². The van der Waals surface area contributed by atoms with Crippen LogP contribution in [-0.2, 0) is 19.5 Å². The number of halogens is 1. The van der Waals surface area contributed by atoms with Crippen molar-refractivity contribution in [3.8, 4) is 0 Å². The van der Waals surface area contributed by atoms with Gasteiger partial charge in [0, 0.05) is 37.9 Å². The van der Waals surface area contributed by atoms with Crippen LogP contribution in [0.25, 0.3) is 0 Å². The van der Waals surface area contributed by atoms with Crippen LogP contribution in [-0.4, -0.2) is 23.5 Å². The summed E-state index contributed by atoms with van der Waals surface area (Å²) in [6, 6.07) is 4.79. The van der Waals surface area contributed by atoms with Crippen LogP contribution in [0.3, 0.4) is 0 Å². The van der Waals surface area contributed by atoms with Gasteiger partial charge < -0.3 is 0 Å². The van der Waals surface area contributed by atoms with Gasteiger partial charge in [0.2, 0.25) is 0 Å². The Hall–Kier alpha value is 0.0234. The zero-order valence-electron chi connectivity index (χ0n) is 8.52. The molecule has 2 rings (SSSR count). The average molecular weight is 264 g/mol. The van der Waals surface area contributed by atoms with Gasteiger partial charge in [0.05, 0.1) is 0 Å². The predicted octanol–water partition coefficient (Wildman–Crippen LogP) is 2.27. The van der Waals surface area contributed by atoms with Gasteiger partial charge in [-0.1, -0.05) is 6.07 Å². The third-order valence-corrected chi connectivity index (χ3v) is 2.59. The second-order valence-electron chi connectivity index (χ2n) is 3.42. The van der Waals surface area contributed by atoms with Gasteiger partial charge in [0.1, 0.15) is 0 Å². The summed E-state index contributed by atoms with van der Waals surface area (Å²) in [4.78, 5) is 6.54. The van der Waals surface area contributed by atoms with E-state index in [1.54, 1.807) is 0 Å². The Morgan fingerprint density at radius 2 is 2.29 bits per heavy atom. The van der Waals surface area contributed by atoms with Crippen LogP contribution in [0, 0.1) is 0 Å². The smallest absolute Gasteiger partial charge is 0.0360 e. The zero-order valence-corrected chi connectivity index (χ0v) is 12.3. The molecule has 1 fully saturated rings. The number of nitrogens with zero attached hydrogens (tertiary/aromatic N) is 2. The molecule has 0 saturated carbocycles. The van der Waals surface area contributed by atoms with E-state index in [0.717, 1.165) is 0 Å². The van der Waals surface area contributed by atoms with Crippen molar-refractivity contribution in [2.24, 2.45) is 0 Å². The molecule has 0 spiro atoms. The topological polar surface area (TPSA) is 16.1 Å². The third-order valence-electron chi connectivity index (χ3n) is 2.59. The molecule has 0 aliphatic carbocycles. The van der Waals surface area contributed by atoms with Gasteiger partial charge in [-0.25, -0.2) is 0 Å². The van der Waals surface area contributed by atoms with Gasteiger partial charge in [-0.3, -0.25) is 9.88 Å². The van der Waals surface area contributed by atoms with E-state index in [-0.39, 0.29) is 31.9 Å². The van der Waals surface area contributed by atoms with E-state index in [2.05, 4.69) is 23.0 Å². The molecule has 1 saturated heterocycles. The summed E-state index contributed by atoms with van der Waals surface area (Å²) in [7, 11) is 2.19. The SMILES string of the molecule is CN1CCC[C@H]1c1cccnc1.Cl.[Zn]. The minimum atomic E-state index is 0. The summed E-state index contributed by atoms with van der Waals surface area (Å²) >= 11 is 0. The molecule has 0 aromatic carbocycles. The van der Waals surface area contributed by atoms with Crippen LogP contribution < -0.4 is 0 Å². The summed E-state index contributed by atoms with van der Waals surface area (Å²) in [5.74, 6) is 0. The maximum Gasteiger partial charge on any atom is 0.0360 e. The minimum Gasteiger partial charge on any atom is -0.299 e. The fraction of sp³-hybridized carbons (Fsp3) is 0.500. The summed E-state index contributed by atoms with van der Waals surface area (Å²) in [5.41, 5.74) is 1.36. The molecule has 1 aromatic heterocycles. The second-order valence-corrected chi connectivity index (χ2v) is 3.42. The fourth-order valence-corrected chi connectivity index (χ4v) is 1.90. The number of pyridine rings is 1. The van der Waals surface area contributed by atoms with Crippen molar-refractivity contribution in [3.63, 3.8) is 0 Å². The first-order valence-corrected chi connectivity index (χ1v) is 4.48. The van der Waals surface area contributed by atoms with Gasteiger partial charge in [-0.15, -0.1) is 12.4 Å². The standard InChI is InChI=1S/C10H14N2.ClH.Zn/c1-12-7-3-5-10(12)9-4-2-6-11-8-9;;/h2,4,6,8,10H,3,5,7H2,1H3;1H;/t10-;;/m0../s1. The van der Waals surface area contributed by atoms with Crippen LogP contribution in [0.4, 0.5) is 0 Å². The summed E-state index contributed by atoms with van der Waals surface area (Å²) in [5, 5.41) is 0. The van der Waals surface area contributed by atoms with E-state index < -0.39 is 0 Å². The van der Waals surface area contributed by atoms with Gasteiger partial charge in [0.15, 0.2) is 0 Å². The number of hydrogen-bond donors (Lipinski definition) is 0. The Balaban J connectivity index is 0.000000845. The van der Waals surface area contributed by atoms with Gasteiger partial charge >= 0.3 is 0 Å². The molecule has 0 radical (unpaired) electrons. The molecule has 4 heteroatoms. The average Bonchev–Trinajstić information content (AvgIpc) is 2.53. The van der Waals surface area contributed by atoms with E-state index in [0.29, 0.717) is 6.04 Å². The van der Waals surface area contributed by atoms with Gasteiger partial charge in [0.25, 0.3) is 0 Å². The van der Waals surface area contributed by atoms with Crippen molar-refractivity contribution in [2.45, 2.75) is 18.9 Å². The monoisotopic (exact) mass is 262 g/mol. The summed E-state index contributed by atoms with van der Waals surface area (Å²) < 4.78 is 0. The molecule has 1 aromatic rings. The van der Waals surface area contributed by atoms with Crippen molar-refractivity contribution in [1.82, 2.24) is 9.88 Å². The molecule has 2 heterocycles. The predicted molar refractivity (Wildman–Crippen MR) is 56.1 cm³/mol. The molecule has 0 unspecified atom stereocenters. The zero-order chi connectivity index (χ0) is 8.39. The molecular formula is C10H15ClN2Zn. The van der Waals surface area contributed by atoms with E-state index in [1.165, 1.54) is 24.9 Å². The molecule has 1 aliphatic heterocycles. The Labute approximate surface area is 104 Å². The number of hydrogen-bond acceptors (Lipinski definition) is 2. The van der Waals surface area contributed by atoms with Crippen molar-refractivity contribution < 1.29 is 19.5 Å². The van der Waals surface area contributed by atoms with Crippen molar-refractivity contribution in [1.29, 1.82) is 0 Å². The van der Waals surface area contributed by atoms with Crippen LogP contribution in [0.15, 0.2) is 24.5 Å². The number of rotatable bonds is 1. The van der Waals surface area contributed by atoms with E-state index in [9.17, 15) is 0 Å². The first-order valence-electron chi connectivity index (χ1n) is 4.48. The van der Waals surface area contributed by atoms with Crippen LogP contribution in [0.2, 0.25) is 0 Å². The molecule has 0 amide bonds. The summed E-state index contributed by atoms with van der Waals surface area (Å²) in [6.45, 7) is 1.22. The van der Waals surface area contributed by atoms with E-state index in [1.807, 2.05) is 18.5 Å². The first kappa shape index (κ1) is 14.0. The van der Waals surface area contributed by atoms with Crippen molar-refractivity contribution in [2.75, 3.05) is 13.6 Å². The quantitative estimate of drug-likeness (QED) is 0.723. The van der Waals surface area contributed by atoms with Gasteiger partial charge in [-0.2, -0.15) is 0 Å². The Bertz CT molecular complexity index is 256. The minimum absolute atomic E-state index is 0. The molecular weight excluding hydrogens is 249 g/mol. The molecule has 1 aliphatic rings. The Morgan fingerprint density at radius 1 is 1.50 bits per heavy atom. The van der Waals surface area contributed by atoms with Crippen molar-refractivity contribution >= 4 is 12.4 Å². The number of aromatic nitrogens is 1. The summed E-state index contributed by atoms with van der Waals surface area (Å²) in [6.07, 6.45) is 6.41. The van der Waals surface area contributed by atoms with Crippen LogP contribution >= 0.6 is 12.4 Å².